The van der Waals surface area contributed by atoms with Crippen LogP contribution in [0.2, 0.25) is 5.15 Å². The maximum atomic E-state index is 12.4. The summed E-state index contributed by atoms with van der Waals surface area (Å²) in [6.07, 6.45) is -3.38. The van der Waals surface area contributed by atoms with E-state index in [4.69, 9.17) is 11.6 Å². The van der Waals surface area contributed by atoms with Gasteiger partial charge < -0.3 is 4.74 Å². The topological polar surface area (TPSA) is 31.2 Å². The second-order valence-corrected chi connectivity index (χ2v) is 3.18. The second-order valence-electron chi connectivity index (χ2n) is 2.79. The molecule has 0 saturated heterocycles. The molecule has 0 radical (unpaired) electrons. The average molecular weight is 224 g/mol. The molecular formula is C8H8ClF2NO2. The van der Waals surface area contributed by atoms with Gasteiger partial charge in [0, 0.05) is 14.0 Å². The van der Waals surface area contributed by atoms with E-state index in [0.29, 0.717) is 6.92 Å². The van der Waals surface area contributed by atoms with Crippen molar-refractivity contribution in [2.24, 2.45) is 7.05 Å². The molecule has 3 nitrogen and oxygen atoms in total. The molecule has 0 amide bonds. The van der Waals surface area contributed by atoms with Crippen molar-refractivity contribution in [3.8, 4) is 5.75 Å². The average Bonchev–Trinajstić information content (AvgIpc) is 2.04. The quantitative estimate of drug-likeness (QED) is 0.719. The van der Waals surface area contributed by atoms with E-state index in [0.717, 1.165) is 10.6 Å². The van der Waals surface area contributed by atoms with Crippen LogP contribution in [0.5, 0.6) is 5.75 Å². The molecule has 78 valence electrons. The maximum Gasteiger partial charge on any atom is 0.395 e. The Morgan fingerprint density at radius 3 is 2.57 bits per heavy atom. The van der Waals surface area contributed by atoms with Gasteiger partial charge in [-0.15, -0.1) is 0 Å². The van der Waals surface area contributed by atoms with E-state index in [-0.39, 0.29) is 5.15 Å². The van der Waals surface area contributed by atoms with Crippen LogP contribution in [-0.4, -0.2) is 10.7 Å². The molecule has 1 heterocycles. The molecule has 0 aliphatic heterocycles. The van der Waals surface area contributed by atoms with E-state index in [1.807, 2.05) is 0 Å². The van der Waals surface area contributed by atoms with Gasteiger partial charge in [0.2, 0.25) is 0 Å². The van der Waals surface area contributed by atoms with Gasteiger partial charge in [-0.3, -0.25) is 9.36 Å². The van der Waals surface area contributed by atoms with E-state index in [1.54, 1.807) is 0 Å². The first kappa shape index (κ1) is 11.0. The van der Waals surface area contributed by atoms with Crippen LogP contribution in [0.4, 0.5) is 8.78 Å². The number of aromatic nitrogens is 1. The summed E-state index contributed by atoms with van der Waals surface area (Å²) in [4.78, 5) is 11.3. The lowest BCUT2D eigenvalue weighted by atomic mass is 10.4. The highest BCUT2D eigenvalue weighted by atomic mass is 35.5. The second kappa shape index (κ2) is 3.57. The third-order valence-corrected chi connectivity index (χ3v) is 1.88. The van der Waals surface area contributed by atoms with Crippen LogP contribution in [0.1, 0.15) is 6.92 Å². The number of pyridine rings is 1. The van der Waals surface area contributed by atoms with E-state index in [2.05, 4.69) is 4.74 Å². The molecule has 0 aliphatic rings. The lowest BCUT2D eigenvalue weighted by molar-refractivity contribution is -0.159. The predicted molar refractivity (Wildman–Crippen MR) is 47.9 cm³/mol. The summed E-state index contributed by atoms with van der Waals surface area (Å²) in [5.41, 5.74) is -0.695. The lowest BCUT2D eigenvalue weighted by Crippen LogP contribution is -2.26. The van der Waals surface area contributed by atoms with Gasteiger partial charge in [0.25, 0.3) is 5.56 Å². The van der Waals surface area contributed by atoms with Gasteiger partial charge in [0.15, 0.2) is 5.75 Å². The standard InChI is InChI=1S/C8H8ClF2NO2/c1-8(10,11)14-5-3-4-6(9)12(2)7(5)13/h3-4H,1-2H3. The van der Waals surface area contributed by atoms with Crippen LogP contribution in [0.3, 0.4) is 0 Å². The zero-order valence-electron chi connectivity index (χ0n) is 7.55. The third-order valence-electron chi connectivity index (χ3n) is 1.50. The van der Waals surface area contributed by atoms with E-state index in [1.165, 1.54) is 13.1 Å². The molecule has 1 aromatic rings. The summed E-state index contributed by atoms with van der Waals surface area (Å²) in [7, 11) is 1.37. The van der Waals surface area contributed by atoms with Gasteiger partial charge in [-0.25, -0.2) is 0 Å². The Hall–Kier alpha value is -1.10. The minimum atomic E-state index is -3.38. The fourth-order valence-electron chi connectivity index (χ4n) is 0.861. The number of nitrogens with zero attached hydrogens (tertiary/aromatic N) is 1. The molecule has 0 unspecified atom stereocenters. The number of halogens is 3. The van der Waals surface area contributed by atoms with Crippen molar-refractivity contribution in [1.29, 1.82) is 0 Å². The van der Waals surface area contributed by atoms with Crippen molar-refractivity contribution < 1.29 is 13.5 Å². The Morgan fingerprint density at radius 1 is 1.50 bits per heavy atom. The summed E-state index contributed by atoms with van der Waals surface area (Å²) in [5.74, 6) is -0.426. The van der Waals surface area contributed by atoms with E-state index in [9.17, 15) is 13.6 Å². The monoisotopic (exact) mass is 223 g/mol. The Bertz CT molecular complexity index is 397. The molecule has 1 aromatic heterocycles. The summed E-state index contributed by atoms with van der Waals surface area (Å²) in [5, 5.41) is 0.154. The van der Waals surface area contributed by atoms with Crippen LogP contribution < -0.4 is 10.3 Å². The first-order valence-corrected chi connectivity index (χ1v) is 4.11. The summed E-state index contributed by atoms with van der Waals surface area (Å²) < 4.78 is 30.0. The fourth-order valence-corrected chi connectivity index (χ4v) is 1.00. The van der Waals surface area contributed by atoms with Crippen LogP contribution in [0.25, 0.3) is 0 Å². The van der Waals surface area contributed by atoms with Crippen LogP contribution in [0, 0.1) is 0 Å². The molecule has 0 aliphatic carbocycles. The number of alkyl halides is 2. The zero-order valence-corrected chi connectivity index (χ0v) is 8.31. The lowest BCUT2D eigenvalue weighted by Gasteiger charge is -2.13. The maximum absolute atomic E-state index is 12.4. The largest absolute Gasteiger partial charge is 0.427 e. The molecular weight excluding hydrogens is 216 g/mol. The highest BCUT2D eigenvalue weighted by molar-refractivity contribution is 6.29. The van der Waals surface area contributed by atoms with Crippen molar-refractivity contribution >= 4 is 11.6 Å². The van der Waals surface area contributed by atoms with E-state index >= 15 is 0 Å². The third kappa shape index (κ3) is 2.45. The number of hydrogen-bond acceptors (Lipinski definition) is 2. The molecule has 0 saturated carbocycles. The van der Waals surface area contributed by atoms with Crippen molar-refractivity contribution in [3.05, 3.63) is 27.6 Å². The van der Waals surface area contributed by atoms with Gasteiger partial charge in [-0.05, 0) is 12.1 Å². The summed E-state index contributed by atoms with van der Waals surface area (Å²) in [6.45, 7) is 0.557. The van der Waals surface area contributed by atoms with Crippen LogP contribution >= 0.6 is 11.6 Å². The number of hydrogen-bond donors (Lipinski definition) is 0. The van der Waals surface area contributed by atoms with Gasteiger partial charge in [0.05, 0.1) is 0 Å². The molecule has 1 rings (SSSR count). The molecule has 0 fully saturated rings. The molecule has 0 aromatic carbocycles. The normalized spacial score (nSPS) is 11.5. The first-order chi connectivity index (χ1) is 6.31. The Kier molecular flexibility index (Phi) is 2.80. The van der Waals surface area contributed by atoms with Gasteiger partial charge >= 0.3 is 6.11 Å². The Labute approximate surface area is 83.9 Å². The molecule has 0 atom stereocenters. The smallest absolute Gasteiger partial charge is 0.395 e. The fraction of sp³-hybridized carbons (Fsp3) is 0.375. The van der Waals surface area contributed by atoms with Gasteiger partial charge in [-0.2, -0.15) is 8.78 Å². The van der Waals surface area contributed by atoms with Crippen molar-refractivity contribution in [3.63, 3.8) is 0 Å². The van der Waals surface area contributed by atoms with Gasteiger partial charge in [-0.1, -0.05) is 11.6 Å². The van der Waals surface area contributed by atoms with Crippen molar-refractivity contribution in [2.45, 2.75) is 13.0 Å². The molecule has 6 heteroatoms. The van der Waals surface area contributed by atoms with E-state index < -0.39 is 17.4 Å². The minimum Gasteiger partial charge on any atom is -0.427 e. The first-order valence-electron chi connectivity index (χ1n) is 3.73. The Balaban J connectivity index is 3.13. The minimum absolute atomic E-state index is 0.154. The summed E-state index contributed by atoms with van der Waals surface area (Å²) >= 11 is 5.58. The molecule has 0 spiro atoms. The van der Waals surface area contributed by atoms with Gasteiger partial charge in [0.1, 0.15) is 5.15 Å². The van der Waals surface area contributed by atoms with Crippen LogP contribution in [0.15, 0.2) is 16.9 Å². The highest BCUT2D eigenvalue weighted by Gasteiger charge is 2.25. The summed E-state index contributed by atoms with van der Waals surface area (Å²) in [6, 6.07) is 2.42. The molecule has 14 heavy (non-hydrogen) atoms. The zero-order chi connectivity index (χ0) is 10.9. The predicted octanol–water partition coefficient (Wildman–Crippen LogP) is 2.03. The van der Waals surface area contributed by atoms with Crippen molar-refractivity contribution in [1.82, 2.24) is 4.57 Å². The number of rotatable bonds is 2. The van der Waals surface area contributed by atoms with Crippen LogP contribution in [-0.2, 0) is 7.05 Å². The number of ether oxygens (including phenoxy) is 1. The SMILES string of the molecule is Cn1c(Cl)ccc(OC(C)(F)F)c1=O. The highest BCUT2D eigenvalue weighted by Crippen LogP contribution is 2.18. The molecule has 0 bridgehead atoms. The van der Waals surface area contributed by atoms with Crippen molar-refractivity contribution in [2.75, 3.05) is 0 Å². The Morgan fingerprint density at radius 2 is 2.07 bits per heavy atom. The molecule has 0 N–H and O–H groups in total.